The van der Waals surface area contributed by atoms with E-state index >= 15 is 0 Å². The molecule has 0 amide bonds. The Bertz CT molecular complexity index is 750. The molecule has 0 aliphatic heterocycles. The number of hydrogen-bond donors (Lipinski definition) is 1. The Kier molecular flexibility index (Phi) is 3.99. The number of nitrogens with two attached hydrogens (primary N) is 1. The molecule has 0 spiro atoms. The molecule has 2 N–H and O–H groups in total. The van der Waals surface area contributed by atoms with Crippen molar-refractivity contribution in [1.29, 1.82) is 0 Å². The Labute approximate surface area is 131 Å². The van der Waals surface area contributed by atoms with Gasteiger partial charge in [-0.15, -0.1) is 11.8 Å². The maximum absolute atomic E-state index is 5.77. The van der Waals surface area contributed by atoms with Crippen LogP contribution in [0.15, 0.2) is 70.0 Å². The highest BCUT2D eigenvalue weighted by molar-refractivity contribution is 9.10. The molecule has 3 aromatic rings. The smallest absolute Gasteiger partial charge is 0.0331 e. The predicted molar refractivity (Wildman–Crippen MR) is 92.1 cm³/mol. The van der Waals surface area contributed by atoms with Crippen LogP contribution in [0.25, 0.3) is 10.8 Å². The summed E-state index contributed by atoms with van der Waals surface area (Å²) in [5, 5.41) is 2.62. The molecule has 0 aliphatic carbocycles. The topological polar surface area (TPSA) is 26.0 Å². The third-order valence-electron chi connectivity index (χ3n) is 3.22. The van der Waals surface area contributed by atoms with Gasteiger partial charge in [-0.25, -0.2) is 0 Å². The van der Waals surface area contributed by atoms with Crippen molar-refractivity contribution in [1.82, 2.24) is 0 Å². The van der Waals surface area contributed by atoms with Crippen LogP contribution in [0.5, 0.6) is 0 Å². The van der Waals surface area contributed by atoms with E-state index in [0.717, 1.165) is 15.9 Å². The first-order valence-corrected chi connectivity index (χ1v) is 8.16. The number of nitrogen functional groups attached to an aromatic ring is 1. The van der Waals surface area contributed by atoms with Crippen LogP contribution in [0.2, 0.25) is 0 Å². The maximum atomic E-state index is 5.77. The average Bonchev–Trinajstić information content (AvgIpc) is 2.46. The predicted octanol–water partition coefficient (Wildman–Crippen LogP) is 5.48. The summed E-state index contributed by atoms with van der Waals surface area (Å²) in [6.45, 7) is 0. The first-order valence-electron chi connectivity index (χ1n) is 6.38. The molecule has 0 radical (unpaired) electrons. The number of rotatable bonds is 3. The summed E-state index contributed by atoms with van der Waals surface area (Å²) in [5.74, 6) is 0.948. The average molecular weight is 344 g/mol. The minimum absolute atomic E-state index is 0.784. The van der Waals surface area contributed by atoms with E-state index in [2.05, 4.69) is 64.5 Å². The number of anilines is 1. The summed E-state index contributed by atoms with van der Waals surface area (Å²) >= 11 is 5.39. The zero-order chi connectivity index (χ0) is 13.9. The number of benzene rings is 3. The van der Waals surface area contributed by atoms with E-state index in [4.69, 9.17) is 5.73 Å². The Hall–Kier alpha value is -1.45. The molecule has 0 saturated heterocycles. The van der Waals surface area contributed by atoms with Gasteiger partial charge in [0.1, 0.15) is 0 Å². The number of thioether (sulfide) groups is 1. The van der Waals surface area contributed by atoms with E-state index in [0.29, 0.717) is 0 Å². The van der Waals surface area contributed by atoms with Gasteiger partial charge < -0.3 is 5.73 Å². The van der Waals surface area contributed by atoms with Gasteiger partial charge in [0.05, 0.1) is 0 Å². The molecular formula is C17H14BrNS. The van der Waals surface area contributed by atoms with Gasteiger partial charge in [-0.05, 0) is 50.5 Å². The molecule has 3 aromatic carbocycles. The van der Waals surface area contributed by atoms with Crippen molar-refractivity contribution in [2.45, 2.75) is 10.6 Å². The summed E-state index contributed by atoms with van der Waals surface area (Å²) < 4.78 is 1.06. The van der Waals surface area contributed by atoms with Crippen molar-refractivity contribution in [3.63, 3.8) is 0 Å². The van der Waals surface area contributed by atoms with E-state index in [1.807, 2.05) is 23.9 Å². The highest BCUT2D eigenvalue weighted by Gasteiger charge is 2.04. The van der Waals surface area contributed by atoms with E-state index in [-0.39, 0.29) is 0 Å². The fourth-order valence-electron chi connectivity index (χ4n) is 2.21. The van der Waals surface area contributed by atoms with Crippen molar-refractivity contribution < 1.29 is 0 Å². The van der Waals surface area contributed by atoms with Crippen LogP contribution in [0.1, 0.15) is 5.56 Å². The molecule has 3 heteroatoms. The minimum Gasteiger partial charge on any atom is -0.399 e. The lowest BCUT2D eigenvalue weighted by Crippen LogP contribution is -1.87. The van der Waals surface area contributed by atoms with Crippen molar-refractivity contribution in [2.24, 2.45) is 0 Å². The summed E-state index contributed by atoms with van der Waals surface area (Å²) in [6.07, 6.45) is 0. The molecule has 0 heterocycles. The first-order chi connectivity index (χ1) is 9.74. The van der Waals surface area contributed by atoms with Crippen LogP contribution in [0.4, 0.5) is 5.69 Å². The lowest BCUT2D eigenvalue weighted by Gasteiger charge is -2.08. The molecule has 0 fully saturated rings. The summed E-state index contributed by atoms with van der Waals surface area (Å²) in [6, 6.07) is 20.9. The lowest BCUT2D eigenvalue weighted by molar-refractivity contribution is 1.37. The van der Waals surface area contributed by atoms with Gasteiger partial charge in [-0.2, -0.15) is 0 Å². The van der Waals surface area contributed by atoms with E-state index in [1.54, 1.807) is 0 Å². The van der Waals surface area contributed by atoms with Gasteiger partial charge in [0, 0.05) is 20.8 Å². The molecule has 0 atom stereocenters. The highest BCUT2D eigenvalue weighted by atomic mass is 79.9. The van der Waals surface area contributed by atoms with Gasteiger partial charge in [0.2, 0.25) is 0 Å². The molecule has 0 unspecified atom stereocenters. The molecule has 0 aromatic heterocycles. The molecule has 20 heavy (non-hydrogen) atoms. The molecule has 1 nitrogen and oxygen atoms in total. The van der Waals surface area contributed by atoms with Crippen molar-refractivity contribution in [3.8, 4) is 0 Å². The Balaban J connectivity index is 1.87. The fourth-order valence-corrected chi connectivity index (χ4v) is 3.87. The largest absolute Gasteiger partial charge is 0.399 e. The minimum atomic E-state index is 0.784. The standard InChI is InChI=1S/C17H14BrNS/c18-16-10-14(19)8-9-17(16)20-11-13-6-3-5-12-4-1-2-7-15(12)13/h1-10H,11,19H2. The van der Waals surface area contributed by atoms with Gasteiger partial charge in [0.25, 0.3) is 0 Å². The third kappa shape index (κ3) is 2.84. The first kappa shape index (κ1) is 13.5. The van der Waals surface area contributed by atoms with Crippen molar-refractivity contribution in [2.75, 3.05) is 5.73 Å². The quantitative estimate of drug-likeness (QED) is 0.503. The number of halogens is 1. The second kappa shape index (κ2) is 5.90. The number of hydrogen-bond acceptors (Lipinski definition) is 2. The second-order valence-electron chi connectivity index (χ2n) is 4.62. The van der Waals surface area contributed by atoms with Crippen LogP contribution in [-0.4, -0.2) is 0 Å². The molecular weight excluding hydrogens is 330 g/mol. The Morgan fingerprint density at radius 1 is 0.950 bits per heavy atom. The summed E-state index contributed by atoms with van der Waals surface area (Å²) in [5.41, 5.74) is 7.91. The highest BCUT2D eigenvalue weighted by Crippen LogP contribution is 2.33. The molecule has 0 aliphatic rings. The van der Waals surface area contributed by atoms with Gasteiger partial charge in [-0.3, -0.25) is 0 Å². The van der Waals surface area contributed by atoms with E-state index < -0.39 is 0 Å². The molecule has 0 bridgehead atoms. The second-order valence-corrected chi connectivity index (χ2v) is 6.49. The monoisotopic (exact) mass is 343 g/mol. The van der Waals surface area contributed by atoms with Crippen molar-refractivity contribution in [3.05, 3.63) is 70.7 Å². The Morgan fingerprint density at radius 2 is 1.75 bits per heavy atom. The SMILES string of the molecule is Nc1ccc(SCc2cccc3ccccc23)c(Br)c1. The zero-order valence-corrected chi connectivity index (χ0v) is 13.2. The summed E-state index contributed by atoms with van der Waals surface area (Å²) in [4.78, 5) is 1.21. The van der Waals surface area contributed by atoms with Crippen LogP contribution in [-0.2, 0) is 5.75 Å². The van der Waals surface area contributed by atoms with Gasteiger partial charge in [0.15, 0.2) is 0 Å². The molecule has 3 rings (SSSR count). The molecule has 0 saturated carbocycles. The fraction of sp³-hybridized carbons (Fsp3) is 0.0588. The summed E-state index contributed by atoms with van der Waals surface area (Å²) in [7, 11) is 0. The van der Waals surface area contributed by atoms with Gasteiger partial charge in [-0.1, -0.05) is 42.5 Å². The molecule has 100 valence electrons. The lowest BCUT2D eigenvalue weighted by atomic mass is 10.1. The zero-order valence-electron chi connectivity index (χ0n) is 10.8. The van der Waals surface area contributed by atoms with Crippen LogP contribution in [0, 0.1) is 0 Å². The third-order valence-corrected chi connectivity index (χ3v) is 5.26. The van der Waals surface area contributed by atoms with Gasteiger partial charge >= 0.3 is 0 Å². The van der Waals surface area contributed by atoms with Crippen LogP contribution in [0.3, 0.4) is 0 Å². The number of fused-ring (bicyclic) bond motifs is 1. The van der Waals surface area contributed by atoms with Crippen LogP contribution >= 0.6 is 27.7 Å². The van der Waals surface area contributed by atoms with E-state index in [1.165, 1.54) is 21.2 Å². The van der Waals surface area contributed by atoms with Crippen LogP contribution < -0.4 is 5.73 Å². The van der Waals surface area contributed by atoms with E-state index in [9.17, 15) is 0 Å². The normalized spacial score (nSPS) is 10.8. The Morgan fingerprint density at radius 3 is 2.60 bits per heavy atom. The van der Waals surface area contributed by atoms with Crippen molar-refractivity contribution >= 4 is 44.2 Å². The maximum Gasteiger partial charge on any atom is 0.0331 e.